The lowest BCUT2D eigenvalue weighted by Crippen LogP contribution is -2.37. The molecule has 0 atom stereocenters. The Kier molecular flexibility index (Phi) is 8.25. The summed E-state index contributed by atoms with van der Waals surface area (Å²) in [5, 5.41) is 5.48. The van der Waals surface area contributed by atoms with E-state index >= 15 is 0 Å². The van der Waals surface area contributed by atoms with Gasteiger partial charge in [0.2, 0.25) is 0 Å². The van der Waals surface area contributed by atoms with Crippen molar-refractivity contribution in [3.8, 4) is 5.75 Å². The van der Waals surface area contributed by atoms with Crippen LogP contribution in [0.25, 0.3) is 0 Å². The highest BCUT2D eigenvalue weighted by Crippen LogP contribution is 2.22. The molecule has 0 bridgehead atoms. The van der Waals surface area contributed by atoms with E-state index in [-0.39, 0.29) is 16.6 Å². The third-order valence-electron chi connectivity index (χ3n) is 5.00. The molecule has 3 N–H and O–H groups in total. The first kappa shape index (κ1) is 25.2. The first-order valence-corrected chi connectivity index (χ1v) is 12.6. The fourth-order valence-electron chi connectivity index (χ4n) is 3.14. The minimum Gasteiger partial charge on any atom is -0.484 e. The molecular formula is C25H27N3O4S2. The highest BCUT2D eigenvalue weighted by Gasteiger charge is 2.15. The Labute approximate surface area is 205 Å². The number of aryl methyl sites for hydroxylation is 3. The SMILES string of the molecule is CCc1ccc(OCC(=O)NC(=S)Nc2ccc(S(=O)(=O)Nc3ccc(C)cc3C)cc2)cc1. The second-order valence-corrected chi connectivity index (χ2v) is 9.83. The summed E-state index contributed by atoms with van der Waals surface area (Å²) >= 11 is 5.16. The zero-order chi connectivity index (χ0) is 24.7. The maximum atomic E-state index is 12.7. The van der Waals surface area contributed by atoms with E-state index in [0.717, 1.165) is 17.5 Å². The van der Waals surface area contributed by atoms with Gasteiger partial charge in [0.05, 0.1) is 10.6 Å². The Morgan fingerprint density at radius 3 is 2.26 bits per heavy atom. The zero-order valence-corrected chi connectivity index (χ0v) is 20.8. The Hall–Kier alpha value is -3.43. The second-order valence-electron chi connectivity index (χ2n) is 7.74. The third kappa shape index (κ3) is 7.03. The summed E-state index contributed by atoms with van der Waals surface area (Å²) in [5.74, 6) is 0.186. The lowest BCUT2D eigenvalue weighted by molar-refractivity contribution is -0.121. The van der Waals surface area contributed by atoms with E-state index in [1.165, 1.54) is 17.7 Å². The van der Waals surface area contributed by atoms with Crippen LogP contribution in [-0.2, 0) is 21.2 Å². The number of carbonyl (C=O) groups excluding carboxylic acids is 1. The van der Waals surface area contributed by atoms with Gasteiger partial charge in [-0.1, -0.05) is 36.8 Å². The van der Waals surface area contributed by atoms with E-state index in [9.17, 15) is 13.2 Å². The molecule has 0 fully saturated rings. The smallest absolute Gasteiger partial charge is 0.264 e. The number of nitrogens with one attached hydrogen (secondary N) is 3. The Bertz CT molecular complexity index is 1270. The summed E-state index contributed by atoms with van der Waals surface area (Å²) in [7, 11) is -3.75. The quantitative estimate of drug-likeness (QED) is 0.395. The van der Waals surface area contributed by atoms with Crippen molar-refractivity contribution in [1.82, 2.24) is 5.32 Å². The van der Waals surface area contributed by atoms with Crippen LogP contribution in [0.3, 0.4) is 0 Å². The van der Waals surface area contributed by atoms with E-state index in [1.807, 2.05) is 50.2 Å². The fourth-order valence-corrected chi connectivity index (χ4v) is 4.51. The van der Waals surface area contributed by atoms with Gasteiger partial charge >= 0.3 is 0 Å². The lowest BCUT2D eigenvalue weighted by Gasteiger charge is -2.13. The first-order chi connectivity index (χ1) is 16.2. The summed E-state index contributed by atoms with van der Waals surface area (Å²) in [4.78, 5) is 12.2. The van der Waals surface area contributed by atoms with Gasteiger partial charge in [0.25, 0.3) is 15.9 Å². The molecule has 0 aliphatic carbocycles. The molecule has 0 aliphatic heterocycles. The van der Waals surface area contributed by atoms with Gasteiger partial charge in [-0.2, -0.15) is 0 Å². The number of ether oxygens (including phenoxy) is 1. The Morgan fingerprint density at radius 2 is 1.65 bits per heavy atom. The number of anilines is 2. The molecule has 0 aromatic heterocycles. The lowest BCUT2D eigenvalue weighted by atomic mass is 10.1. The molecule has 3 aromatic carbocycles. The number of hydrogen-bond donors (Lipinski definition) is 3. The molecule has 0 heterocycles. The maximum Gasteiger partial charge on any atom is 0.264 e. The summed E-state index contributed by atoms with van der Waals surface area (Å²) < 4.78 is 33.5. The molecule has 34 heavy (non-hydrogen) atoms. The van der Waals surface area contributed by atoms with Crippen LogP contribution in [-0.4, -0.2) is 26.0 Å². The van der Waals surface area contributed by atoms with Gasteiger partial charge in [-0.15, -0.1) is 0 Å². The van der Waals surface area contributed by atoms with Crippen molar-refractivity contribution in [1.29, 1.82) is 0 Å². The van der Waals surface area contributed by atoms with Crippen molar-refractivity contribution >= 4 is 44.6 Å². The van der Waals surface area contributed by atoms with Crippen LogP contribution in [0.2, 0.25) is 0 Å². The molecule has 1 amide bonds. The molecule has 0 saturated heterocycles. The first-order valence-electron chi connectivity index (χ1n) is 10.7. The Morgan fingerprint density at radius 1 is 0.971 bits per heavy atom. The number of hydrogen-bond acceptors (Lipinski definition) is 5. The molecule has 7 nitrogen and oxygen atoms in total. The van der Waals surface area contributed by atoms with Crippen molar-refractivity contribution in [2.45, 2.75) is 32.1 Å². The van der Waals surface area contributed by atoms with Gasteiger partial charge in [-0.25, -0.2) is 8.42 Å². The standard InChI is InChI=1S/C25H27N3O4S2/c1-4-19-6-10-21(11-7-19)32-16-24(29)27-25(33)26-20-8-12-22(13-9-20)34(30,31)28-23-14-5-17(2)15-18(23)3/h5-15,28H,4,16H2,1-3H3,(H2,26,27,29,33). The third-order valence-corrected chi connectivity index (χ3v) is 6.59. The maximum absolute atomic E-state index is 12.7. The average molecular weight is 498 g/mol. The van der Waals surface area contributed by atoms with Crippen molar-refractivity contribution in [3.05, 3.63) is 83.4 Å². The predicted octanol–water partition coefficient (Wildman–Crippen LogP) is 4.56. The minimum atomic E-state index is -3.75. The highest BCUT2D eigenvalue weighted by atomic mass is 32.2. The fraction of sp³-hybridized carbons (Fsp3) is 0.200. The Balaban J connectivity index is 1.52. The van der Waals surface area contributed by atoms with Crippen molar-refractivity contribution in [3.63, 3.8) is 0 Å². The summed E-state index contributed by atoms with van der Waals surface area (Å²) in [5.41, 5.74) is 4.13. The second kappa shape index (κ2) is 11.1. The highest BCUT2D eigenvalue weighted by molar-refractivity contribution is 7.92. The minimum absolute atomic E-state index is 0.0824. The topological polar surface area (TPSA) is 96.5 Å². The normalized spacial score (nSPS) is 10.9. The molecule has 0 saturated carbocycles. The molecule has 3 rings (SSSR count). The molecule has 0 spiro atoms. The number of rotatable bonds is 8. The molecule has 0 unspecified atom stereocenters. The number of carbonyl (C=O) groups is 1. The number of thiocarbonyl (C=S) groups is 1. The van der Waals surface area contributed by atoms with Gasteiger partial charge in [-0.3, -0.25) is 14.8 Å². The van der Waals surface area contributed by atoms with E-state index < -0.39 is 15.9 Å². The van der Waals surface area contributed by atoms with Gasteiger partial charge in [0.15, 0.2) is 11.7 Å². The molecule has 0 aliphatic rings. The van der Waals surface area contributed by atoms with E-state index in [0.29, 0.717) is 17.1 Å². The van der Waals surface area contributed by atoms with Crippen LogP contribution >= 0.6 is 12.2 Å². The zero-order valence-electron chi connectivity index (χ0n) is 19.2. The van der Waals surface area contributed by atoms with E-state index in [2.05, 4.69) is 22.3 Å². The summed E-state index contributed by atoms with van der Waals surface area (Å²) in [6.07, 6.45) is 0.927. The van der Waals surface area contributed by atoms with E-state index in [1.54, 1.807) is 18.2 Å². The predicted molar refractivity (Wildman–Crippen MR) is 139 cm³/mol. The monoisotopic (exact) mass is 497 g/mol. The van der Waals surface area contributed by atoms with Gasteiger partial charge in [0, 0.05) is 5.69 Å². The van der Waals surface area contributed by atoms with E-state index in [4.69, 9.17) is 17.0 Å². The van der Waals surface area contributed by atoms with Crippen molar-refractivity contribution < 1.29 is 17.9 Å². The van der Waals surface area contributed by atoms with Gasteiger partial charge in [0.1, 0.15) is 5.75 Å². The number of amides is 1. The number of benzene rings is 3. The van der Waals surface area contributed by atoms with Crippen LogP contribution in [0.5, 0.6) is 5.75 Å². The number of sulfonamides is 1. The molecule has 0 radical (unpaired) electrons. The van der Waals surface area contributed by atoms with Crippen molar-refractivity contribution in [2.75, 3.05) is 16.6 Å². The molecule has 9 heteroatoms. The summed E-state index contributed by atoms with van der Waals surface area (Å²) in [6, 6.07) is 19.1. The summed E-state index contributed by atoms with van der Waals surface area (Å²) in [6.45, 7) is 5.67. The van der Waals surface area contributed by atoms with Crippen molar-refractivity contribution in [2.24, 2.45) is 0 Å². The van der Waals surface area contributed by atoms with Crippen LogP contribution in [0, 0.1) is 13.8 Å². The van der Waals surface area contributed by atoms with Crippen LogP contribution in [0.15, 0.2) is 71.6 Å². The van der Waals surface area contributed by atoms with Crippen LogP contribution in [0.4, 0.5) is 11.4 Å². The van der Waals surface area contributed by atoms with Gasteiger partial charge in [-0.05, 0) is 86.1 Å². The largest absolute Gasteiger partial charge is 0.484 e. The van der Waals surface area contributed by atoms with Crippen LogP contribution < -0.4 is 20.1 Å². The van der Waals surface area contributed by atoms with Crippen LogP contribution in [0.1, 0.15) is 23.6 Å². The molecular weight excluding hydrogens is 470 g/mol. The molecule has 178 valence electrons. The molecule has 3 aromatic rings. The average Bonchev–Trinajstić information content (AvgIpc) is 2.80. The van der Waals surface area contributed by atoms with Gasteiger partial charge < -0.3 is 10.1 Å².